The molecule has 1 N–H and O–H groups in total. The van der Waals surface area contributed by atoms with Gasteiger partial charge in [0.1, 0.15) is 0 Å². The predicted molar refractivity (Wildman–Crippen MR) is 67.8 cm³/mol. The van der Waals surface area contributed by atoms with Crippen LogP contribution in [0.25, 0.3) is 0 Å². The summed E-state index contributed by atoms with van der Waals surface area (Å²) in [5.41, 5.74) is 0. The second kappa shape index (κ2) is 5.64. The normalized spacial score (nSPS) is 27.7. The molecule has 0 radical (unpaired) electrons. The van der Waals surface area contributed by atoms with Crippen molar-refractivity contribution in [3.63, 3.8) is 0 Å². The van der Waals surface area contributed by atoms with Crippen molar-refractivity contribution in [1.82, 2.24) is 10.2 Å². The van der Waals surface area contributed by atoms with Gasteiger partial charge in [0.05, 0.1) is 26.4 Å². The molecule has 3 fully saturated rings. The smallest absolute Gasteiger partial charge is 0.317 e. The van der Waals surface area contributed by atoms with E-state index in [-0.39, 0.29) is 17.9 Å². The van der Waals surface area contributed by atoms with E-state index in [9.17, 15) is 4.79 Å². The monoisotopic (exact) mass is 270 g/mol. The number of nitrogens with zero attached hydrogens (tertiary/aromatic N) is 1. The van der Waals surface area contributed by atoms with Gasteiger partial charge in [-0.05, 0) is 12.8 Å². The maximum atomic E-state index is 12.1. The molecule has 0 atom stereocenters. The predicted octanol–water partition coefficient (Wildman–Crippen LogP) is 0.714. The van der Waals surface area contributed by atoms with Crippen LogP contribution in [0.1, 0.15) is 25.7 Å². The molecular formula is C13H22N2O4. The van der Waals surface area contributed by atoms with E-state index in [0.717, 1.165) is 25.7 Å². The SMILES string of the molecule is O=C(NC1CCC2(CC1)OCCO2)N1CCOCC1. The summed E-state index contributed by atoms with van der Waals surface area (Å²) in [6, 6.07) is 0.284. The molecule has 2 aliphatic heterocycles. The summed E-state index contributed by atoms with van der Waals surface area (Å²) in [5, 5.41) is 3.12. The summed E-state index contributed by atoms with van der Waals surface area (Å²) >= 11 is 0. The third-order valence-corrected chi connectivity index (χ3v) is 4.19. The Labute approximate surface area is 113 Å². The molecule has 6 heteroatoms. The molecule has 0 aromatic carbocycles. The Kier molecular flexibility index (Phi) is 3.91. The minimum atomic E-state index is -0.347. The van der Waals surface area contributed by atoms with Gasteiger partial charge in [0.25, 0.3) is 0 Å². The lowest BCUT2D eigenvalue weighted by molar-refractivity contribution is -0.179. The largest absolute Gasteiger partial charge is 0.378 e. The maximum Gasteiger partial charge on any atom is 0.317 e. The number of morpholine rings is 1. The van der Waals surface area contributed by atoms with Gasteiger partial charge in [-0.3, -0.25) is 0 Å². The summed E-state index contributed by atoms with van der Waals surface area (Å²) in [6.07, 6.45) is 3.61. The number of hydrogen-bond donors (Lipinski definition) is 1. The first kappa shape index (κ1) is 13.1. The Balaban J connectivity index is 1.45. The van der Waals surface area contributed by atoms with Crippen molar-refractivity contribution in [2.75, 3.05) is 39.5 Å². The summed E-state index contributed by atoms with van der Waals surface area (Å²) in [5.74, 6) is -0.347. The Morgan fingerprint density at radius 1 is 1.05 bits per heavy atom. The van der Waals surface area contributed by atoms with Crippen LogP contribution in [0.5, 0.6) is 0 Å². The van der Waals surface area contributed by atoms with E-state index >= 15 is 0 Å². The van der Waals surface area contributed by atoms with Crippen molar-refractivity contribution in [2.45, 2.75) is 37.5 Å². The second-order valence-electron chi connectivity index (χ2n) is 5.43. The molecule has 3 aliphatic rings. The highest BCUT2D eigenvalue weighted by Crippen LogP contribution is 2.35. The van der Waals surface area contributed by atoms with Crippen molar-refractivity contribution in [1.29, 1.82) is 0 Å². The summed E-state index contributed by atoms with van der Waals surface area (Å²) in [4.78, 5) is 13.9. The molecule has 6 nitrogen and oxygen atoms in total. The van der Waals surface area contributed by atoms with E-state index in [1.165, 1.54) is 0 Å². The van der Waals surface area contributed by atoms with Crippen LogP contribution in [0.15, 0.2) is 0 Å². The molecular weight excluding hydrogens is 248 g/mol. The number of carbonyl (C=O) groups excluding carboxylic acids is 1. The van der Waals surface area contributed by atoms with Gasteiger partial charge in [-0.25, -0.2) is 4.79 Å². The third kappa shape index (κ3) is 3.01. The molecule has 2 saturated heterocycles. The molecule has 0 aromatic rings. The van der Waals surface area contributed by atoms with Crippen molar-refractivity contribution in [3.05, 3.63) is 0 Å². The van der Waals surface area contributed by atoms with Crippen LogP contribution >= 0.6 is 0 Å². The van der Waals surface area contributed by atoms with Gasteiger partial charge in [0.2, 0.25) is 0 Å². The first-order valence-corrected chi connectivity index (χ1v) is 7.19. The number of carbonyl (C=O) groups is 1. The van der Waals surface area contributed by atoms with Crippen molar-refractivity contribution in [3.8, 4) is 0 Å². The number of amides is 2. The molecule has 1 spiro atoms. The van der Waals surface area contributed by atoms with Gasteiger partial charge in [-0.15, -0.1) is 0 Å². The average Bonchev–Trinajstić information content (AvgIpc) is 2.91. The number of ether oxygens (including phenoxy) is 3. The van der Waals surface area contributed by atoms with Crippen LogP contribution in [0.2, 0.25) is 0 Å². The van der Waals surface area contributed by atoms with E-state index in [2.05, 4.69) is 5.32 Å². The van der Waals surface area contributed by atoms with Gasteiger partial charge in [0, 0.05) is 32.0 Å². The lowest BCUT2D eigenvalue weighted by atomic mass is 9.90. The fraction of sp³-hybridized carbons (Fsp3) is 0.923. The van der Waals surface area contributed by atoms with Crippen molar-refractivity contribution in [2.24, 2.45) is 0 Å². The zero-order valence-electron chi connectivity index (χ0n) is 11.2. The molecule has 1 saturated carbocycles. The van der Waals surface area contributed by atoms with Gasteiger partial charge >= 0.3 is 6.03 Å². The maximum absolute atomic E-state index is 12.1. The van der Waals surface area contributed by atoms with Crippen LogP contribution in [0, 0.1) is 0 Å². The minimum absolute atomic E-state index is 0.0394. The van der Waals surface area contributed by atoms with Crippen LogP contribution in [-0.2, 0) is 14.2 Å². The fourth-order valence-corrected chi connectivity index (χ4v) is 3.02. The van der Waals surface area contributed by atoms with Crippen LogP contribution < -0.4 is 5.32 Å². The molecule has 0 aromatic heterocycles. The number of hydrogen-bond acceptors (Lipinski definition) is 4. The zero-order chi connectivity index (χ0) is 13.1. The Hall–Kier alpha value is -0.850. The zero-order valence-corrected chi connectivity index (χ0v) is 11.2. The highest BCUT2D eigenvalue weighted by atomic mass is 16.7. The standard InChI is InChI=1S/C13H22N2O4/c16-12(15-5-7-17-8-6-15)14-11-1-3-13(4-2-11)18-9-10-19-13/h11H,1-10H2,(H,14,16). The number of nitrogens with one attached hydrogen (secondary N) is 1. The molecule has 1 aliphatic carbocycles. The van der Waals surface area contributed by atoms with Gasteiger partial charge in [-0.2, -0.15) is 0 Å². The minimum Gasteiger partial charge on any atom is -0.378 e. The van der Waals surface area contributed by atoms with E-state index < -0.39 is 0 Å². The molecule has 0 bridgehead atoms. The lowest BCUT2D eigenvalue weighted by Gasteiger charge is -2.36. The molecule has 19 heavy (non-hydrogen) atoms. The summed E-state index contributed by atoms with van der Waals surface area (Å²) in [7, 11) is 0. The van der Waals surface area contributed by atoms with Crippen LogP contribution in [0.4, 0.5) is 4.79 Å². The first-order chi connectivity index (χ1) is 9.27. The van der Waals surface area contributed by atoms with Crippen molar-refractivity contribution >= 4 is 6.03 Å². The quantitative estimate of drug-likeness (QED) is 0.762. The highest BCUT2D eigenvalue weighted by Gasteiger charge is 2.40. The number of urea groups is 1. The van der Waals surface area contributed by atoms with Crippen LogP contribution in [0.3, 0.4) is 0 Å². The van der Waals surface area contributed by atoms with Gasteiger partial charge in [-0.1, -0.05) is 0 Å². The van der Waals surface area contributed by atoms with E-state index in [1.54, 1.807) is 0 Å². The molecule has 0 unspecified atom stereocenters. The van der Waals surface area contributed by atoms with E-state index in [0.29, 0.717) is 39.5 Å². The lowest BCUT2D eigenvalue weighted by Crippen LogP contribution is -2.51. The summed E-state index contributed by atoms with van der Waals surface area (Å²) in [6.45, 7) is 4.06. The topological polar surface area (TPSA) is 60.0 Å². The van der Waals surface area contributed by atoms with E-state index in [4.69, 9.17) is 14.2 Å². The van der Waals surface area contributed by atoms with Crippen LogP contribution in [-0.4, -0.2) is 62.3 Å². The summed E-state index contributed by atoms with van der Waals surface area (Å²) < 4.78 is 16.6. The van der Waals surface area contributed by atoms with Crippen molar-refractivity contribution < 1.29 is 19.0 Å². The Morgan fingerprint density at radius 3 is 2.32 bits per heavy atom. The van der Waals surface area contributed by atoms with Gasteiger partial charge in [0.15, 0.2) is 5.79 Å². The second-order valence-corrected chi connectivity index (χ2v) is 5.43. The fourth-order valence-electron chi connectivity index (χ4n) is 3.02. The highest BCUT2D eigenvalue weighted by molar-refractivity contribution is 5.74. The number of rotatable bonds is 1. The van der Waals surface area contributed by atoms with Gasteiger partial charge < -0.3 is 24.4 Å². The third-order valence-electron chi connectivity index (χ3n) is 4.19. The molecule has 2 heterocycles. The Morgan fingerprint density at radius 2 is 1.68 bits per heavy atom. The molecule has 2 amide bonds. The molecule has 108 valence electrons. The average molecular weight is 270 g/mol. The Bertz CT molecular complexity index is 315. The van der Waals surface area contributed by atoms with E-state index in [1.807, 2.05) is 4.90 Å². The molecule has 3 rings (SSSR count). The first-order valence-electron chi connectivity index (χ1n) is 7.19.